The molecule has 0 aromatic rings. The molecule has 0 aliphatic rings. The molecule has 0 heterocycles. The molecule has 3 heteroatoms. The largest absolute Gasteiger partial charge is 0.508 e. The molecule has 0 aromatic carbocycles. The van der Waals surface area contributed by atoms with Crippen molar-refractivity contribution in [2.75, 3.05) is 13.2 Å². The van der Waals surface area contributed by atoms with Crippen LogP contribution in [-0.4, -0.2) is 19.4 Å². The molecule has 0 saturated carbocycles. The summed E-state index contributed by atoms with van der Waals surface area (Å²) in [6.07, 6.45) is 46.9. The van der Waals surface area contributed by atoms with Crippen LogP contribution in [0.4, 0.5) is 4.79 Å². The second-order valence-electron chi connectivity index (χ2n) is 12.9. The van der Waals surface area contributed by atoms with Crippen LogP contribution in [0.25, 0.3) is 0 Å². The van der Waals surface area contributed by atoms with Crippen molar-refractivity contribution in [1.29, 1.82) is 0 Å². The third kappa shape index (κ3) is 37.0. The number of carbonyl (C=O) groups is 1. The fourth-order valence-electron chi connectivity index (χ4n) is 5.71. The number of ether oxygens (including phenoxy) is 2. The molecule has 0 amide bonds. The van der Waals surface area contributed by atoms with Gasteiger partial charge in [0.15, 0.2) is 0 Å². The summed E-state index contributed by atoms with van der Waals surface area (Å²) in [5.41, 5.74) is 0. The van der Waals surface area contributed by atoms with Crippen LogP contribution in [0.5, 0.6) is 0 Å². The average molecular weight is 593 g/mol. The van der Waals surface area contributed by atoms with Gasteiger partial charge in [0.05, 0.1) is 13.2 Å². The molecule has 42 heavy (non-hydrogen) atoms. The van der Waals surface area contributed by atoms with Gasteiger partial charge in [-0.2, -0.15) is 0 Å². The number of unbranched alkanes of at least 4 members (excludes halogenated alkanes) is 29. The lowest BCUT2D eigenvalue weighted by molar-refractivity contribution is 0.0529. The number of allylic oxidation sites excluding steroid dienone is 2. The van der Waals surface area contributed by atoms with Gasteiger partial charge in [-0.1, -0.05) is 193 Å². The van der Waals surface area contributed by atoms with Crippen molar-refractivity contribution in [3.05, 3.63) is 12.2 Å². The summed E-state index contributed by atoms with van der Waals surface area (Å²) in [5, 5.41) is 0. The maximum absolute atomic E-state index is 11.7. The molecule has 250 valence electrons. The van der Waals surface area contributed by atoms with Gasteiger partial charge in [-0.3, -0.25) is 0 Å². The van der Waals surface area contributed by atoms with Gasteiger partial charge >= 0.3 is 6.16 Å². The summed E-state index contributed by atoms with van der Waals surface area (Å²) in [6.45, 7) is 5.58. The molecule has 3 nitrogen and oxygen atoms in total. The Morgan fingerprint density at radius 1 is 0.357 bits per heavy atom. The maximum atomic E-state index is 11.7. The smallest absolute Gasteiger partial charge is 0.434 e. The summed E-state index contributed by atoms with van der Waals surface area (Å²) in [4.78, 5) is 11.7. The zero-order valence-electron chi connectivity index (χ0n) is 28.9. The van der Waals surface area contributed by atoms with Crippen LogP contribution in [0.3, 0.4) is 0 Å². The first kappa shape index (κ1) is 41.0. The van der Waals surface area contributed by atoms with E-state index in [-0.39, 0.29) is 0 Å². The molecule has 0 aliphatic carbocycles. The first-order chi connectivity index (χ1) is 20.8. The zero-order chi connectivity index (χ0) is 30.4. The highest BCUT2D eigenvalue weighted by molar-refractivity contribution is 5.59. The molecule has 0 N–H and O–H groups in total. The number of carbonyl (C=O) groups excluding carboxylic acids is 1. The van der Waals surface area contributed by atoms with E-state index in [2.05, 4.69) is 26.0 Å². The van der Waals surface area contributed by atoms with Gasteiger partial charge in [0.2, 0.25) is 0 Å². The van der Waals surface area contributed by atoms with Crippen LogP contribution in [0.2, 0.25) is 0 Å². The minimum Gasteiger partial charge on any atom is -0.434 e. The first-order valence-electron chi connectivity index (χ1n) is 19.3. The molecule has 0 aromatic heterocycles. The minimum absolute atomic E-state index is 0.477. The number of hydrogen-bond donors (Lipinski definition) is 0. The van der Waals surface area contributed by atoms with Crippen molar-refractivity contribution < 1.29 is 14.3 Å². The van der Waals surface area contributed by atoms with Gasteiger partial charge in [-0.25, -0.2) is 4.79 Å². The Bertz CT molecular complexity index is 530. The average Bonchev–Trinajstić information content (AvgIpc) is 3.00. The predicted molar refractivity (Wildman–Crippen MR) is 186 cm³/mol. The highest BCUT2D eigenvalue weighted by atomic mass is 16.7. The van der Waals surface area contributed by atoms with Crippen molar-refractivity contribution in [1.82, 2.24) is 0 Å². The lowest BCUT2D eigenvalue weighted by Gasteiger charge is -2.06. The van der Waals surface area contributed by atoms with E-state index in [9.17, 15) is 4.79 Å². The van der Waals surface area contributed by atoms with Crippen molar-refractivity contribution in [2.45, 2.75) is 219 Å². The third-order valence-corrected chi connectivity index (χ3v) is 8.59. The van der Waals surface area contributed by atoms with E-state index in [4.69, 9.17) is 9.47 Å². The quantitative estimate of drug-likeness (QED) is 0.0417. The fraction of sp³-hybridized carbons (Fsp3) is 0.923. The standard InChI is InChI=1S/C39H76O3/c1-3-5-7-9-11-13-15-17-19-21-22-24-26-28-30-32-34-36-38-42-39(40)41-37-35-33-31-29-27-25-23-20-18-16-14-12-10-8-6-4-2/h21-22H,3-20,23-38H2,1-2H3. The van der Waals surface area contributed by atoms with Gasteiger partial charge in [0.25, 0.3) is 0 Å². The zero-order valence-corrected chi connectivity index (χ0v) is 28.9. The Morgan fingerprint density at radius 2 is 0.595 bits per heavy atom. The highest BCUT2D eigenvalue weighted by Gasteiger charge is 2.03. The van der Waals surface area contributed by atoms with Crippen LogP contribution in [-0.2, 0) is 9.47 Å². The van der Waals surface area contributed by atoms with Crippen molar-refractivity contribution in [3.63, 3.8) is 0 Å². The van der Waals surface area contributed by atoms with Crippen molar-refractivity contribution in [3.8, 4) is 0 Å². The molecule has 0 rings (SSSR count). The Hall–Kier alpha value is -0.990. The first-order valence-corrected chi connectivity index (χ1v) is 19.3. The number of rotatable bonds is 35. The van der Waals surface area contributed by atoms with E-state index in [1.807, 2.05) is 0 Å². The second kappa shape index (κ2) is 38.0. The Labute approximate surface area is 264 Å². The van der Waals surface area contributed by atoms with E-state index in [0.29, 0.717) is 13.2 Å². The second-order valence-corrected chi connectivity index (χ2v) is 12.9. The third-order valence-electron chi connectivity index (χ3n) is 8.59. The fourth-order valence-corrected chi connectivity index (χ4v) is 5.71. The van der Waals surface area contributed by atoms with E-state index in [1.165, 1.54) is 180 Å². The molecule has 0 fully saturated rings. The summed E-state index contributed by atoms with van der Waals surface area (Å²) in [7, 11) is 0. The summed E-state index contributed by atoms with van der Waals surface area (Å²) < 4.78 is 10.5. The van der Waals surface area contributed by atoms with Gasteiger partial charge in [0.1, 0.15) is 0 Å². The van der Waals surface area contributed by atoms with Crippen LogP contribution < -0.4 is 0 Å². The monoisotopic (exact) mass is 593 g/mol. The van der Waals surface area contributed by atoms with Crippen LogP contribution >= 0.6 is 0 Å². The Morgan fingerprint density at radius 3 is 0.881 bits per heavy atom. The summed E-state index contributed by atoms with van der Waals surface area (Å²) >= 11 is 0. The molecule has 0 aliphatic heterocycles. The van der Waals surface area contributed by atoms with Crippen molar-refractivity contribution in [2.24, 2.45) is 0 Å². The van der Waals surface area contributed by atoms with Gasteiger partial charge in [-0.05, 0) is 38.5 Å². The molecule has 0 atom stereocenters. The molecular weight excluding hydrogens is 516 g/mol. The van der Waals surface area contributed by atoms with E-state index in [1.54, 1.807) is 0 Å². The predicted octanol–water partition coefficient (Wildman–Crippen LogP) is 14.2. The normalized spacial score (nSPS) is 11.5. The summed E-state index contributed by atoms with van der Waals surface area (Å²) in [5.74, 6) is 0. The molecule has 0 saturated heterocycles. The molecular formula is C39H76O3. The maximum Gasteiger partial charge on any atom is 0.508 e. The van der Waals surface area contributed by atoms with Gasteiger partial charge in [-0.15, -0.1) is 0 Å². The lowest BCUT2D eigenvalue weighted by atomic mass is 10.0. The SMILES string of the molecule is CCCCCCCCCCC=CCCCCCCCCOC(=O)OCCCCCCCCCCCCCCCCCC. The Balaban J connectivity index is 3.18. The van der Waals surface area contributed by atoms with E-state index >= 15 is 0 Å². The van der Waals surface area contributed by atoms with Gasteiger partial charge < -0.3 is 9.47 Å². The van der Waals surface area contributed by atoms with Crippen LogP contribution in [0, 0.1) is 0 Å². The lowest BCUT2D eigenvalue weighted by Crippen LogP contribution is -2.09. The molecule has 0 spiro atoms. The Kier molecular flexibility index (Phi) is 37.1. The highest BCUT2D eigenvalue weighted by Crippen LogP contribution is 2.14. The van der Waals surface area contributed by atoms with Gasteiger partial charge in [0, 0.05) is 0 Å². The molecule has 0 unspecified atom stereocenters. The van der Waals surface area contributed by atoms with Crippen LogP contribution in [0.15, 0.2) is 12.2 Å². The van der Waals surface area contributed by atoms with E-state index in [0.717, 1.165) is 25.7 Å². The molecule has 0 bridgehead atoms. The van der Waals surface area contributed by atoms with Crippen LogP contribution in [0.1, 0.15) is 219 Å². The van der Waals surface area contributed by atoms with Crippen molar-refractivity contribution >= 4 is 6.16 Å². The van der Waals surface area contributed by atoms with E-state index < -0.39 is 6.16 Å². The minimum atomic E-state index is -0.477. The number of hydrogen-bond acceptors (Lipinski definition) is 3. The molecule has 0 radical (unpaired) electrons. The topological polar surface area (TPSA) is 35.5 Å². The summed E-state index contributed by atoms with van der Waals surface area (Å²) in [6, 6.07) is 0.